The van der Waals surface area contributed by atoms with Crippen LogP contribution in [0.3, 0.4) is 0 Å². The number of carbonyl (C=O) groups is 2. The van der Waals surface area contributed by atoms with Crippen molar-refractivity contribution in [3.8, 4) is 11.5 Å². The predicted molar refractivity (Wildman–Crippen MR) is 79.0 cm³/mol. The predicted octanol–water partition coefficient (Wildman–Crippen LogP) is -1.08. The van der Waals surface area contributed by atoms with Gasteiger partial charge in [0.1, 0.15) is 35.4 Å². The largest absolute Gasteiger partial charge is 0.507 e. The van der Waals surface area contributed by atoms with Crippen LogP contribution in [0.4, 0.5) is 0 Å². The monoisotopic (exact) mass is 336 g/mol. The first-order valence-corrected chi connectivity index (χ1v) is 7.14. The summed E-state index contributed by atoms with van der Waals surface area (Å²) in [7, 11) is 1.31. The first-order valence-electron chi connectivity index (χ1n) is 7.14. The van der Waals surface area contributed by atoms with E-state index in [4.69, 9.17) is 4.74 Å². The van der Waals surface area contributed by atoms with Crippen LogP contribution in [0.1, 0.15) is 27.6 Å². The number of phenolic OH excluding ortho intramolecular Hbond substituents is 1. The molecule has 2 aliphatic carbocycles. The highest BCUT2D eigenvalue weighted by molar-refractivity contribution is 6.29. The van der Waals surface area contributed by atoms with Crippen molar-refractivity contribution in [3.05, 3.63) is 34.4 Å². The second kappa shape index (κ2) is 5.12. The number of hydrogen-bond donors (Lipinski definition) is 5. The van der Waals surface area contributed by atoms with Gasteiger partial charge in [0, 0.05) is 22.8 Å². The Balaban J connectivity index is 2.29. The minimum Gasteiger partial charge on any atom is -0.507 e. The molecule has 0 saturated heterocycles. The average Bonchev–Trinajstić information content (AvgIpc) is 2.53. The second-order valence-corrected chi connectivity index (χ2v) is 6.07. The summed E-state index contributed by atoms with van der Waals surface area (Å²) in [6, 6.07) is 2.35. The third-order valence-corrected chi connectivity index (χ3v) is 4.60. The van der Waals surface area contributed by atoms with E-state index in [1.807, 2.05) is 0 Å². The first-order chi connectivity index (χ1) is 11.1. The molecule has 2 aliphatic rings. The Morgan fingerprint density at radius 2 is 1.71 bits per heavy atom. The number of methoxy groups -OCH3 is 1. The number of Topliss-reactive ketones (excluding diaryl/α,β-unsaturated/α-hetero) is 2. The van der Waals surface area contributed by atoms with E-state index in [1.54, 1.807) is 0 Å². The summed E-state index contributed by atoms with van der Waals surface area (Å²) >= 11 is 0. The number of fused-ring (bicyclic) bond motifs is 1. The molecule has 3 rings (SSSR count). The fraction of sp³-hybridized carbons (Fsp3) is 0.375. The van der Waals surface area contributed by atoms with Crippen LogP contribution in [0, 0.1) is 0 Å². The summed E-state index contributed by atoms with van der Waals surface area (Å²) in [6.45, 7) is 1.05. The van der Waals surface area contributed by atoms with Gasteiger partial charge in [-0.15, -0.1) is 0 Å². The molecule has 8 heteroatoms. The minimum atomic E-state index is -2.23. The lowest BCUT2D eigenvalue weighted by atomic mass is 9.68. The van der Waals surface area contributed by atoms with E-state index in [0.29, 0.717) is 0 Å². The molecule has 0 unspecified atom stereocenters. The van der Waals surface area contributed by atoms with Crippen LogP contribution in [0.2, 0.25) is 0 Å². The summed E-state index contributed by atoms with van der Waals surface area (Å²) < 4.78 is 4.95. The van der Waals surface area contributed by atoms with Gasteiger partial charge in [0.05, 0.1) is 12.7 Å². The van der Waals surface area contributed by atoms with Crippen molar-refractivity contribution in [2.45, 2.75) is 30.8 Å². The number of benzene rings is 1. The van der Waals surface area contributed by atoms with Crippen molar-refractivity contribution >= 4 is 11.6 Å². The molecule has 5 N–H and O–H groups in total. The van der Waals surface area contributed by atoms with Crippen LogP contribution in [0.5, 0.6) is 11.5 Å². The van der Waals surface area contributed by atoms with Gasteiger partial charge in [-0.2, -0.15) is 0 Å². The van der Waals surface area contributed by atoms with E-state index in [9.17, 15) is 35.1 Å². The lowest BCUT2D eigenvalue weighted by molar-refractivity contribution is -0.158. The van der Waals surface area contributed by atoms with Crippen molar-refractivity contribution in [3.63, 3.8) is 0 Å². The van der Waals surface area contributed by atoms with Gasteiger partial charge in [-0.05, 0) is 13.0 Å². The number of ketones is 2. The molecule has 0 saturated carbocycles. The van der Waals surface area contributed by atoms with Crippen LogP contribution < -0.4 is 4.74 Å². The number of carbonyl (C=O) groups excluding carboxylic acids is 2. The molecule has 24 heavy (non-hydrogen) atoms. The van der Waals surface area contributed by atoms with Gasteiger partial charge in [0.25, 0.3) is 0 Å². The Hall–Kier alpha value is -2.26. The van der Waals surface area contributed by atoms with Crippen molar-refractivity contribution in [2.24, 2.45) is 0 Å². The molecule has 1 aromatic carbocycles. The maximum atomic E-state index is 12.7. The Labute approximate surface area is 136 Å². The Morgan fingerprint density at radius 3 is 2.29 bits per heavy atom. The highest BCUT2D eigenvalue weighted by atomic mass is 16.5. The molecule has 1 aromatic rings. The number of ether oxygens (including phenoxy) is 1. The lowest BCUT2D eigenvalue weighted by Gasteiger charge is -2.43. The first kappa shape index (κ1) is 16.6. The van der Waals surface area contributed by atoms with Crippen molar-refractivity contribution < 1.29 is 39.9 Å². The van der Waals surface area contributed by atoms with Gasteiger partial charge < -0.3 is 30.3 Å². The maximum absolute atomic E-state index is 12.7. The smallest absolute Gasteiger partial charge is 0.196 e. The van der Waals surface area contributed by atoms with Crippen LogP contribution in [0.25, 0.3) is 0 Å². The van der Waals surface area contributed by atoms with Gasteiger partial charge in [-0.25, -0.2) is 0 Å². The molecular formula is C16H16O8. The zero-order valence-electron chi connectivity index (χ0n) is 12.8. The molecule has 0 radical (unpaired) electrons. The molecule has 0 aliphatic heterocycles. The minimum absolute atomic E-state index is 0.120. The van der Waals surface area contributed by atoms with Crippen LogP contribution >= 0.6 is 0 Å². The molecule has 8 nitrogen and oxygen atoms in total. The summed E-state index contributed by atoms with van der Waals surface area (Å²) in [4.78, 5) is 25.4. The molecule has 0 fully saturated rings. The van der Waals surface area contributed by atoms with E-state index in [2.05, 4.69) is 0 Å². The molecule has 4 atom stereocenters. The van der Waals surface area contributed by atoms with Gasteiger partial charge >= 0.3 is 0 Å². The van der Waals surface area contributed by atoms with Gasteiger partial charge in [0.15, 0.2) is 11.6 Å². The number of aliphatic hydroxyl groups excluding tert-OH is 3. The third-order valence-electron chi connectivity index (χ3n) is 4.60. The maximum Gasteiger partial charge on any atom is 0.196 e. The summed E-state index contributed by atoms with van der Waals surface area (Å²) in [5.74, 6) is -2.15. The molecule has 0 spiro atoms. The fourth-order valence-electron chi connectivity index (χ4n) is 3.16. The normalized spacial score (nSPS) is 32.5. The van der Waals surface area contributed by atoms with Crippen molar-refractivity contribution in [1.29, 1.82) is 0 Å². The van der Waals surface area contributed by atoms with E-state index in [-0.39, 0.29) is 16.9 Å². The SMILES string of the molecule is COc1cc(O)c2c(c1)C(=O)C1=C(C2=O)[C@H](O)[C@H](O)[C@@](C)(O)[C@H]1O. The molecule has 0 heterocycles. The van der Waals surface area contributed by atoms with Gasteiger partial charge in [-0.3, -0.25) is 9.59 Å². The van der Waals surface area contributed by atoms with Crippen LogP contribution in [-0.2, 0) is 0 Å². The number of aliphatic hydroxyl groups is 4. The molecule has 128 valence electrons. The highest BCUT2D eigenvalue weighted by Crippen LogP contribution is 2.43. The zero-order chi connectivity index (χ0) is 18.0. The Bertz CT molecular complexity index is 792. The third kappa shape index (κ3) is 1.94. The molecular weight excluding hydrogens is 320 g/mol. The van der Waals surface area contributed by atoms with E-state index >= 15 is 0 Å². The fourth-order valence-corrected chi connectivity index (χ4v) is 3.16. The Morgan fingerprint density at radius 1 is 1.08 bits per heavy atom. The lowest BCUT2D eigenvalue weighted by Crippen LogP contribution is -2.61. The van der Waals surface area contributed by atoms with Crippen LogP contribution in [-0.4, -0.2) is 68.1 Å². The number of hydrogen-bond acceptors (Lipinski definition) is 8. The molecule has 0 amide bonds. The van der Waals surface area contributed by atoms with Crippen molar-refractivity contribution in [2.75, 3.05) is 7.11 Å². The topological polar surface area (TPSA) is 145 Å². The molecule has 0 aromatic heterocycles. The summed E-state index contributed by atoms with van der Waals surface area (Å²) in [6.07, 6.45) is -5.65. The Kier molecular flexibility index (Phi) is 3.54. The average molecular weight is 336 g/mol. The standard InChI is InChI=1S/C16H16O8/c1-16(23)14(21)10-9(13(20)15(16)22)12(19)8-6(11(10)18)3-5(24-2)4-7(8)17/h3-4,13-15,17,20-23H,1-2H3/t13-,14-,15-,16-/m0/s1. The number of phenols is 1. The zero-order valence-corrected chi connectivity index (χ0v) is 12.8. The van der Waals surface area contributed by atoms with E-state index in [0.717, 1.165) is 13.0 Å². The number of aromatic hydroxyl groups is 1. The van der Waals surface area contributed by atoms with Crippen LogP contribution in [0.15, 0.2) is 23.3 Å². The van der Waals surface area contributed by atoms with E-state index < -0.39 is 52.4 Å². The quantitative estimate of drug-likeness (QED) is 0.436. The number of rotatable bonds is 1. The second-order valence-electron chi connectivity index (χ2n) is 6.07. The van der Waals surface area contributed by atoms with Crippen molar-refractivity contribution in [1.82, 2.24) is 0 Å². The highest BCUT2D eigenvalue weighted by Gasteiger charge is 2.55. The molecule has 0 bridgehead atoms. The van der Waals surface area contributed by atoms with E-state index in [1.165, 1.54) is 13.2 Å². The van der Waals surface area contributed by atoms with Gasteiger partial charge in [-0.1, -0.05) is 0 Å². The summed E-state index contributed by atoms with van der Waals surface area (Å²) in [5, 5.41) is 50.7. The summed E-state index contributed by atoms with van der Waals surface area (Å²) in [5.41, 5.74) is -3.82. The van der Waals surface area contributed by atoms with Gasteiger partial charge in [0.2, 0.25) is 0 Å².